The summed E-state index contributed by atoms with van der Waals surface area (Å²) in [4.78, 5) is 18.9. The van der Waals surface area contributed by atoms with E-state index in [0.717, 1.165) is 39.6 Å². The highest BCUT2D eigenvalue weighted by atomic mass is 32.1. The predicted molar refractivity (Wildman–Crippen MR) is 116 cm³/mol. The van der Waals surface area contributed by atoms with Crippen LogP contribution in [0.1, 0.15) is 39.2 Å². The lowest BCUT2D eigenvalue weighted by atomic mass is 10.0. The number of anilines is 1. The summed E-state index contributed by atoms with van der Waals surface area (Å²) in [5, 5.41) is 17.1. The van der Waals surface area contributed by atoms with Crippen molar-refractivity contribution in [2.75, 3.05) is 18.4 Å². The third-order valence-electron chi connectivity index (χ3n) is 5.02. The largest absolute Gasteiger partial charge is 0.444 e. The maximum absolute atomic E-state index is 12.3. The molecule has 3 aromatic rings. The van der Waals surface area contributed by atoms with Crippen molar-refractivity contribution in [3.8, 4) is 6.07 Å². The third-order valence-corrected chi connectivity index (χ3v) is 5.94. The number of amides is 1. The summed E-state index contributed by atoms with van der Waals surface area (Å²) in [6, 6.07) is 10.2. The normalized spacial score (nSPS) is 15.4. The minimum absolute atomic E-state index is 0.239. The van der Waals surface area contributed by atoms with Gasteiger partial charge < -0.3 is 15.0 Å². The number of hydrogen-bond acceptors (Lipinski definition) is 6. The molecule has 0 aliphatic carbocycles. The molecule has 3 heterocycles. The average molecular weight is 409 g/mol. The lowest BCUT2D eigenvalue weighted by molar-refractivity contribution is 0.0210. The SMILES string of the molecule is CC(C)(C)OC(=O)N1CCC(Nc2nc3cc(C#N)ccc3c3ccsc23)CC1. The number of rotatable bonds is 2. The zero-order chi connectivity index (χ0) is 20.6. The zero-order valence-corrected chi connectivity index (χ0v) is 17.7. The summed E-state index contributed by atoms with van der Waals surface area (Å²) in [5.41, 5.74) is 0.952. The molecule has 150 valence electrons. The van der Waals surface area contributed by atoms with Crippen LogP contribution in [-0.4, -0.2) is 40.7 Å². The number of thiophene rings is 1. The van der Waals surface area contributed by atoms with Gasteiger partial charge in [-0.25, -0.2) is 9.78 Å². The average Bonchev–Trinajstić information content (AvgIpc) is 3.17. The fourth-order valence-corrected chi connectivity index (χ4v) is 4.48. The molecule has 0 bridgehead atoms. The molecule has 1 aliphatic rings. The van der Waals surface area contributed by atoms with Crippen molar-refractivity contribution in [1.82, 2.24) is 9.88 Å². The van der Waals surface area contributed by atoms with Gasteiger partial charge in [-0.2, -0.15) is 5.26 Å². The summed E-state index contributed by atoms with van der Waals surface area (Å²) in [7, 11) is 0. The molecule has 29 heavy (non-hydrogen) atoms. The van der Waals surface area contributed by atoms with E-state index >= 15 is 0 Å². The number of ether oxygens (including phenoxy) is 1. The number of fused-ring (bicyclic) bond motifs is 3. The molecule has 0 spiro atoms. The smallest absolute Gasteiger partial charge is 0.410 e. The Morgan fingerprint density at radius 2 is 2.03 bits per heavy atom. The molecule has 2 aromatic heterocycles. The first kappa shape index (κ1) is 19.5. The van der Waals surface area contributed by atoms with Gasteiger partial charge in [0.15, 0.2) is 0 Å². The number of nitriles is 1. The fourth-order valence-electron chi connectivity index (χ4n) is 3.62. The van der Waals surface area contributed by atoms with Crippen LogP contribution in [0.3, 0.4) is 0 Å². The molecular formula is C22H24N4O2S. The van der Waals surface area contributed by atoms with Crippen LogP contribution in [-0.2, 0) is 4.74 Å². The fraction of sp³-hybridized carbons (Fsp3) is 0.409. The molecule has 4 rings (SSSR count). The van der Waals surface area contributed by atoms with E-state index in [2.05, 4.69) is 22.8 Å². The first-order valence-corrected chi connectivity index (χ1v) is 10.7. The summed E-state index contributed by atoms with van der Waals surface area (Å²) in [6.07, 6.45) is 1.43. The van der Waals surface area contributed by atoms with E-state index in [1.807, 2.05) is 39.0 Å². The number of carbonyl (C=O) groups excluding carboxylic acids is 1. The maximum Gasteiger partial charge on any atom is 0.410 e. The zero-order valence-electron chi connectivity index (χ0n) is 16.9. The van der Waals surface area contributed by atoms with Crippen molar-refractivity contribution in [3.05, 3.63) is 35.2 Å². The van der Waals surface area contributed by atoms with Crippen LogP contribution in [0.4, 0.5) is 10.6 Å². The number of carbonyl (C=O) groups is 1. The molecule has 0 atom stereocenters. The van der Waals surface area contributed by atoms with Gasteiger partial charge in [-0.05, 0) is 57.2 Å². The van der Waals surface area contributed by atoms with Crippen molar-refractivity contribution in [2.45, 2.75) is 45.3 Å². The summed E-state index contributed by atoms with van der Waals surface area (Å²) in [5.74, 6) is 0.855. The lowest BCUT2D eigenvalue weighted by Crippen LogP contribution is -2.44. The number of aromatic nitrogens is 1. The van der Waals surface area contributed by atoms with Gasteiger partial charge in [0.05, 0.1) is 21.8 Å². The van der Waals surface area contributed by atoms with Crippen LogP contribution < -0.4 is 5.32 Å². The molecule has 0 radical (unpaired) electrons. The van der Waals surface area contributed by atoms with Crippen LogP contribution in [0.5, 0.6) is 0 Å². The summed E-state index contributed by atoms with van der Waals surface area (Å²) in [6.45, 7) is 6.97. The second kappa shape index (κ2) is 7.53. The van der Waals surface area contributed by atoms with Crippen LogP contribution in [0.2, 0.25) is 0 Å². The van der Waals surface area contributed by atoms with E-state index in [4.69, 9.17) is 9.72 Å². The minimum atomic E-state index is -0.478. The van der Waals surface area contributed by atoms with Crippen LogP contribution in [0.25, 0.3) is 21.0 Å². The molecule has 6 nitrogen and oxygen atoms in total. The first-order valence-electron chi connectivity index (χ1n) is 9.79. The van der Waals surface area contributed by atoms with Crippen molar-refractivity contribution >= 4 is 44.2 Å². The van der Waals surface area contributed by atoms with Crippen molar-refractivity contribution in [1.29, 1.82) is 5.26 Å². The van der Waals surface area contributed by atoms with E-state index in [9.17, 15) is 10.1 Å². The number of pyridine rings is 1. The van der Waals surface area contributed by atoms with Gasteiger partial charge >= 0.3 is 6.09 Å². The maximum atomic E-state index is 12.3. The minimum Gasteiger partial charge on any atom is -0.444 e. The number of hydrogen-bond donors (Lipinski definition) is 1. The van der Waals surface area contributed by atoms with Gasteiger partial charge in [0, 0.05) is 29.9 Å². The quantitative estimate of drug-likeness (QED) is 0.636. The molecule has 1 N–H and O–H groups in total. The molecule has 0 saturated carbocycles. The number of likely N-dealkylation sites (tertiary alicyclic amines) is 1. The topological polar surface area (TPSA) is 78.2 Å². The Kier molecular flexibility index (Phi) is 5.05. The first-order chi connectivity index (χ1) is 13.8. The standard InChI is InChI=1S/C22H24N4O2S/c1-22(2,3)28-21(27)26-9-6-15(7-10-26)24-20-19-17(8-11-29-19)16-5-4-14(13-23)12-18(16)25-20/h4-5,8,11-12,15H,6-7,9-10H2,1-3H3,(H,24,25). The van der Waals surface area contributed by atoms with Crippen molar-refractivity contribution in [2.24, 2.45) is 0 Å². The van der Waals surface area contributed by atoms with E-state index < -0.39 is 5.60 Å². The molecule has 1 aromatic carbocycles. The van der Waals surface area contributed by atoms with Gasteiger partial charge in [-0.1, -0.05) is 6.07 Å². The van der Waals surface area contributed by atoms with E-state index in [0.29, 0.717) is 18.7 Å². The van der Waals surface area contributed by atoms with Crippen molar-refractivity contribution in [3.63, 3.8) is 0 Å². The lowest BCUT2D eigenvalue weighted by Gasteiger charge is -2.34. The highest BCUT2D eigenvalue weighted by Gasteiger charge is 2.27. The van der Waals surface area contributed by atoms with Crippen LogP contribution in [0.15, 0.2) is 29.6 Å². The molecule has 0 unspecified atom stereocenters. The second-order valence-electron chi connectivity index (χ2n) is 8.35. The Hall–Kier alpha value is -2.85. The van der Waals surface area contributed by atoms with Crippen molar-refractivity contribution < 1.29 is 9.53 Å². The summed E-state index contributed by atoms with van der Waals surface area (Å²) >= 11 is 1.66. The molecule has 1 aliphatic heterocycles. The highest BCUT2D eigenvalue weighted by molar-refractivity contribution is 7.18. The monoisotopic (exact) mass is 408 g/mol. The van der Waals surface area contributed by atoms with Gasteiger partial charge in [0.25, 0.3) is 0 Å². The van der Waals surface area contributed by atoms with Gasteiger partial charge in [-0.3, -0.25) is 0 Å². The third kappa shape index (κ3) is 4.13. The Morgan fingerprint density at radius 1 is 1.28 bits per heavy atom. The second-order valence-corrected chi connectivity index (χ2v) is 9.27. The van der Waals surface area contributed by atoms with Gasteiger partial charge in [0.2, 0.25) is 0 Å². The molecule has 1 amide bonds. The molecule has 1 saturated heterocycles. The predicted octanol–water partition coefficient (Wildman–Crippen LogP) is 5.13. The molecule has 1 fully saturated rings. The van der Waals surface area contributed by atoms with E-state index in [1.54, 1.807) is 16.2 Å². The Labute approximate surface area is 174 Å². The highest BCUT2D eigenvalue weighted by Crippen LogP contribution is 2.34. The number of piperidine rings is 1. The number of benzene rings is 1. The Balaban J connectivity index is 1.52. The van der Waals surface area contributed by atoms with Crippen LogP contribution in [0, 0.1) is 11.3 Å². The van der Waals surface area contributed by atoms with Crippen LogP contribution >= 0.6 is 11.3 Å². The Bertz CT molecular complexity index is 1100. The molecular weight excluding hydrogens is 384 g/mol. The molecule has 7 heteroatoms. The van der Waals surface area contributed by atoms with Gasteiger partial charge in [-0.15, -0.1) is 11.3 Å². The number of nitrogens with one attached hydrogen (secondary N) is 1. The van der Waals surface area contributed by atoms with E-state index in [-0.39, 0.29) is 12.1 Å². The number of nitrogens with zero attached hydrogens (tertiary/aromatic N) is 3. The van der Waals surface area contributed by atoms with E-state index in [1.165, 1.54) is 0 Å². The summed E-state index contributed by atoms with van der Waals surface area (Å²) < 4.78 is 6.60. The van der Waals surface area contributed by atoms with Gasteiger partial charge in [0.1, 0.15) is 11.4 Å². The Morgan fingerprint density at radius 3 is 2.72 bits per heavy atom.